The molecule has 1 aliphatic rings. The van der Waals surface area contributed by atoms with Crippen molar-refractivity contribution in [2.45, 2.75) is 37.1 Å². The maximum Gasteiger partial charge on any atom is 0.186 e. The van der Waals surface area contributed by atoms with Crippen LogP contribution in [0.3, 0.4) is 0 Å². The zero-order valence-electron chi connectivity index (χ0n) is 11.4. The predicted molar refractivity (Wildman–Crippen MR) is 71.5 cm³/mol. The highest BCUT2D eigenvalue weighted by Crippen LogP contribution is 2.22. The van der Waals surface area contributed by atoms with E-state index < -0.39 is 37.3 Å². The third-order valence-electron chi connectivity index (χ3n) is 3.46. The van der Waals surface area contributed by atoms with Crippen molar-refractivity contribution in [1.82, 2.24) is 0 Å². The van der Waals surface area contributed by atoms with Crippen LogP contribution < -0.4 is 0 Å². The van der Waals surface area contributed by atoms with Gasteiger partial charge in [-0.25, -0.2) is 0 Å². The lowest BCUT2D eigenvalue weighted by atomic mass is 9.99. The predicted octanol–water partition coefficient (Wildman–Crippen LogP) is -1.25. The molecule has 1 saturated heterocycles. The number of benzene rings is 1. The summed E-state index contributed by atoms with van der Waals surface area (Å²) >= 11 is 0. The SMILES string of the molecule is OCC1OC(OCCc2ccc(O)cc2)C(O)[C@@H](O)[C@@H]1O. The van der Waals surface area contributed by atoms with Crippen molar-refractivity contribution in [3.8, 4) is 5.75 Å². The van der Waals surface area contributed by atoms with Crippen LogP contribution in [0.15, 0.2) is 24.3 Å². The number of hydrogen-bond donors (Lipinski definition) is 5. The molecular formula is C14H20O7. The first kappa shape index (κ1) is 16.2. The Hall–Kier alpha value is -1.22. The van der Waals surface area contributed by atoms with Gasteiger partial charge < -0.3 is 35.0 Å². The van der Waals surface area contributed by atoms with Gasteiger partial charge in [0.25, 0.3) is 0 Å². The van der Waals surface area contributed by atoms with Gasteiger partial charge >= 0.3 is 0 Å². The van der Waals surface area contributed by atoms with Crippen LogP contribution in [0.4, 0.5) is 0 Å². The van der Waals surface area contributed by atoms with Crippen molar-refractivity contribution in [3.63, 3.8) is 0 Å². The topological polar surface area (TPSA) is 120 Å². The molecule has 0 radical (unpaired) electrons. The summed E-state index contributed by atoms with van der Waals surface area (Å²) in [4.78, 5) is 0. The molecule has 1 fully saturated rings. The van der Waals surface area contributed by atoms with Gasteiger partial charge in [0.15, 0.2) is 6.29 Å². The molecule has 0 aliphatic carbocycles. The fourth-order valence-corrected chi connectivity index (χ4v) is 2.16. The Morgan fingerprint density at radius 3 is 2.29 bits per heavy atom. The fraction of sp³-hybridized carbons (Fsp3) is 0.571. The molecular weight excluding hydrogens is 280 g/mol. The van der Waals surface area contributed by atoms with E-state index in [1.165, 1.54) is 0 Å². The van der Waals surface area contributed by atoms with E-state index in [1.54, 1.807) is 24.3 Å². The largest absolute Gasteiger partial charge is 0.508 e. The zero-order valence-corrected chi connectivity index (χ0v) is 11.4. The number of ether oxygens (including phenoxy) is 2. The number of rotatable bonds is 5. The molecule has 0 amide bonds. The summed E-state index contributed by atoms with van der Waals surface area (Å²) in [6, 6.07) is 6.60. The van der Waals surface area contributed by atoms with Crippen LogP contribution in [0.5, 0.6) is 5.75 Å². The van der Waals surface area contributed by atoms with Crippen molar-refractivity contribution in [2.24, 2.45) is 0 Å². The quantitative estimate of drug-likeness (QED) is 0.461. The first-order valence-corrected chi connectivity index (χ1v) is 6.73. The summed E-state index contributed by atoms with van der Waals surface area (Å²) in [7, 11) is 0. The highest BCUT2D eigenvalue weighted by Gasteiger charge is 2.43. The summed E-state index contributed by atoms with van der Waals surface area (Å²) in [5.41, 5.74) is 0.928. The molecule has 5 atom stereocenters. The highest BCUT2D eigenvalue weighted by atomic mass is 16.7. The van der Waals surface area contributed by atoms with E-state index in [9.17, 15) is 20.4 Å². The molecule has 0 aromatic heterocycles. The Balaban J connectivity index is 1.85. The van der Waals surface area contributed by atoms with Crippen LogP contribution in [0.25, 0.3) is 0 Å². The average molecular weight is 300 g/mol. The van der Waals surface area contributed by atoms with Gasteiger partial charge in [0.2, 0.25) is 0 Å². The minimum absolute atomic E-state index is 0.175. The smallest absolute Gasteiger partial charge is 0.186 e. The Kier molecular flexibility index (Phi) is 5.51. The summed E-state index contributed by atoms with van der Waals surface area (Å²) in [5.74, 6) is 0.175. The molecule has 7 heteroatoms. The van der Waals surface area contributed by atoms with Crippen LogP contribution in [0.1, 0.15) is 5.56 Å². The Morgan fingerprint density at radius 2 is 1.67 bits per heavy atom. The second-order valence-electron chi connectivity index (χ2n) is 4.98. The molecule has 5 N–H and O–H groups in total. The molecule has 0 bridgehead atoms. The third kappa shape index (κ3) is 3.91. The zero-order chi connectivity index (χ0) is 15.4. The molecule has 0 spiro atoms. The van der Waals surface area contributed by atoms with Crippen LogP contribution in [-0.2, 0) is 15.9 Å². The van der Waals surface area contributed by atoms with Crippen molar-refractivity contribution >= 4 is 0 Å². The van der Waals surface area contributed by atoms with Crippen molar-refractivity contribution < 1.29 is 35.0 Å². The summed E-state index contributed by atoms with van der Waals surface area (Å²) in [6.45, 7) is -0.268. The minimum Gasteiger partial charge on any atom is -0.508 e. The van der Waals surface area contributed by atoms with Gasteiger partial charge in [-0.2, -0.15) is 0 Å². The fourth-order valence-electron chi connectivity index (χ4n) is 2.16. The van der Waals surface area contributed by atoms with Crippen LogP contribution in [0.2, 0.25) is 0 Å². The lowest BCUT2D eigenvalue weighted by molar-refractivity contribution is -0.300. The molecule has 2 rings (SSSR count). The summed E-state index contributed by atoms with van der Waals surface area (Å²) in [6.07, 6.45) is -5.77. The molecule has 1 aromatic rings. The molecule has 1 aromatic carbocycles. The number of hydrogen-bond acceptors (Lipinski definition) is 7. The molecule has 7 nitrogen and oxygen atoms in total. The summed E-state index contributed by atoms with van der Waals surface area (Å²) < 4.78 is 10.6. The Bertz CT molecular complexity index is 433. The minimum atomic E-state index is -1.44. The lowest BCUT2D eigenvalue weighted by Gasteiger charge is -2.39. The van der Waals surface area contributed by atoms with Crippen LogP contribution in [-0.4, -0.2) is 69.5 Å². The molecule has 3 unspecified atom stereocenters. The molecule has 1 aliphatic heterocycles. The van der Waals surface area contributed by atoms with E-state index >= 15 is 0 Å². The van der Waals surface area contributed by atoms with E-state index in [0.29, 0.717) is 6.42 Å². The maximum absolute atomic E-state index is 9.78. The van der Waals surface area contributed by atoms with Gasteiger partial charge in [0, 0.05) is 0 Å². The Labute approximate surface area is 122 Å². The number of aliphatic hydroxyl groups excluding tert-OH is 4. The van der Waals surface area contributed by atoms with E-state index in [0.717, 1.165) is 5.56 Å². The van der Waals surface area contributed by atoms with Gasteiger partial charge in [-0.15, -0.1) is 0 Å². The maximum atomic E-state index is 9.78. The van der Waals surface area contributed by atoms with Gasteiger partial charge in [0.1, 0.15) is 30.2 Å². The van der Waals surface area contributed by atoms with E-state index in [4.69, 9.17) is 14.6 Å². The molecule has 21 heavy (non-hydrogen) atoms. The van der Waals surface area contributed by atoms with Crippen molar-refractivity contribution in [1.29, 1.82) is 0 Å². The van der Waals surface area contributed by atoms with Gasteiger partial charge in [-0.1, -0.05) is 12.1 Å². The van der Waals surface area contributed by atoms with Gasteiger partial charge in [-0.3, -0.25) is 0 Å². The summed E-state index contributed by atoms with van der Waals surface area (Å²) in [5, 5.41) is 47.3. The Morgan fingerprint density at radius 1 is 1.00 bits per heavy atom. The highest BCUT2D eigenvalue weighted by molar-refractivity contribution is 5.25. The number of phenolic OH excluding ortho intramolecular Hbond substituents is 1. The average Bonchev–Trinajstić information content (AvgIpc) is 2.49. The number of aliphatic hydroxyl groups is 4. The van der Waals surface area contributed by atoms with E-state index in [2.05, 4.69) is 0 Å². The van der Waals surface area contributed by atoms with E-state index in [1.807, 2.05) is 0 Å². The lowest BCUT2D eigenvalue weighted by Crippen LogP contribution is -2.59. The van der Waals surface area contributed by atoms with Gasteiger partial charge in [-0.05, 0) is 24.1 Å². The monoisotopic (exact) mass is 300 g/mol. The number of aromatic hydroxyl groups is 1. The first-order valence-electron chi connectivity index (χ1n) is 6.73. The first-order chi connectivity index (χ1) is 10.0. The van der Waals surface area contributed by atoms with Crippen molar-refractivity contribution in [2.75, 3.05) is 13.2 Å². The molecule has 118 valence electrons. The second-order valence-corrected chi connectivity index (χ2v) is 4.98. The van der Waals surface area contributed by atoms with E-state index in [-0.39, 0.29) is 12.4 Å². The van der Waals surface area contributed by atoms with Gasteiger partial charge in [0.05, 0.1) is 13.2 Å². The molecule has 1 heterocycles. The standard InChI is InChI=1S/C14H20O7/c15-7-10-11(17)12(18)13(19)14(21-10)20-6-5-8-1-3-9(16)4-2-8/h1-4,10-19H,5-7H2/t10?,11-,12+,13?,14?/m1/s1. The third-order valence-corrected chi connectivity index (χ3v) is 3.46. The van der Waals surface area contributed by atoms with Crippen LogP contribution >= 0.6 is 0 Å². The normalized spacial score (nSPS) is 33.0. The molecule has 0 saturated carbocycles. The van der Waals surface area contributed by atoms with Crippen molar-refractivity contribution in [3.05, 3.63) is 29.8 Å². The second kappa shape index (κ2) is 7.17. The van der Waals surface area contributed by atoms with Crippen LogP contribution in [0, 0.1) is 0 Å². The number of phenols is 1.